The van der Waals surface area contributed by atoms with Crippen LogP contribution in [-0.2, 0) is 47.6 Å². The molecule has 0 spiro atoms. The molecule has 0 aromatic rings. The van der Waals surface area contributed by atoms with Gasteiger partial charge in [-0.1, -0.05) is 20.4 Å². The van der Waals surface area contributed by atoms with E-state index in [-0.39, 0.29) is 32.0 Å². The Morgan fingerprint density at radius 2 is 1.16 bits per heavy atom. The van der Waals surface area contributed by atoms with Crippen molar-refractivity contribution in [2.75, 3.05) is 39.6 Å². The van der Waals surface area contributed by atoms with Crippen LogP contribution in [0.5, 0.6) is 0 Å². The Balaban J connectivity index is 4.20. The average molecular weight is 446 g/mol. The van der Waals surface area contributed by atoms with Crippen LogP contribution in [0, 0.1) is 0 Å². The summed E-state index contributed by atoms with van der Waals surface area (Å²) in [7, 11) is 0. The minimum Gasteiger partial charge on any atom is -0.461 e. The lowest BCUT2D eigenvalue weighted by molar-refractivity contribution is -0.168. The van der Waals surface area contributed by atoms with Gasteiger partial charge in [0, 0.05) is 18.8 Å². The fourth-order valence-corrected chi connectivity index (χ4v) is 1.96. The number of ether oxygens (including phenoxy) is 6. The third kappa shape index (κ3) is 14.2. The Morgan fingerprint density at radius 3 is 1.61 bits per heavy atom. The first kappa shape index (κ1) is 28.5. The number of hydrogen-bond donors (Lipinski definition) is 0. The van der Waals surface area contributed by atoms with Crippen LogP contribution >= 0.6 is 0 Å². The van der Waals surface area contributed by atoms with Crippen molar-refractivity contribution in [1.29, 1.82) is 0 Å². The molecule has 0 saturated heterocycles. The largest absolute Gasteiger partial charge is 0.461 e. The summed E-state index contributed by atoms with van der Waals surface area (Å²) in [4.78, 5) is 47.4. The number of carbonyl (C=O) groups is 4. The zero-order valence-electron chi connectivity index (χ0n) is 18.8. The Kier molecular flexibility index (Phi) is 15.9. The van der Waals surface area contributed by atoms with E-state index in [4.69, 9.17) is 28.4 Å². The molecule has 0 saturated carbocycles. The summed E-state index contributed by atoms with van der Waals surface area (Å²) >= 11 is 0. The molecular formula is C21H34O10. The zero-order valence-corrected chi connectivity index (χ0v) is 18.8. The van der Waals surface area contributed by atoms with Gasteiger partial charge < -0.3 is 28.4 Å². The highest BCUT2D eigenvalue weighted by Gasteiger charge is 2.24. The van der Waals surface area contributed by atoms with Crippen molar-refractivity contribution < 1.29 is 47.6 Å². The van der Waals surface area contributed by atoms with Gasteiger partial charge in [0.15, 0.2) is 12.2 Å². The molecule has 0 aliphatic rings. The minimum absolute atomic E-state index is 0.0344. The second kappa shape index (κ2) is 17.2. The minimum atomic E-state index is -1.18. The first-order valence-electron chi connectivity index (χ1n) is 10.3. The van der Waals surface area contributed by atoms with Gasteiger partial charge in [-0.2, -0.15) is 0 Å². The smallest absolute Gasteiger partial charge is 0.347 e. The lowest BCUT2D eigenvalue weighted by Crippen LogP contribution is -2.29. The molecule has 10 nitrogen and oxygen atoms in total. The quantitative estimate of drug-likeness (QED) is 0.141. The third-order valence-corrected chi connectivity index (χ3v) is 3.54. The third-order valence-electron chi connectivity index (χ3n) is 3.54. The fraction of sp³-hybridized carbons (Fsp3) is 0.714. The topological polar surface area (TPSA) is 124 Å². The van der Waals surface area contributed by atoms with Crippen LogP contribution in [0.1, 0.15) is 47.0 Å². The van der Waals surface area contributed by atoms with Crippen LogP contribution in [0.3, 0.4) is 0 Å². The highest BCUT2D eigenvalue weighted by Crippen LogP contribution is 2.08. The summed E-state index contributed by atoms with van der Waals surface area (Å²) in [5.74, 6) is -3.30. The Labute approximate surface area is 183 Å². The normalized spacial score (nSPS) is 12.4. The summed E-state index contributed by atoms with van der Waals surface area (Å²) in [5.41, 5.74) is -0.232. The first-order chi connectivity index (χ1) is 14.7. The van der Waals surface area contributed by atoms with Crippen LogP contribution in [0.2, 0.25) is 0 Å². The number of hydrogen-bond acceptors (Lipinski definition) is 10. The van der Waals surface area contributed by atoms with Crippen LogP contribution in [0.4, 0.5) is 0 Å². The lowest BCUT2D eigenvalue weighted by Gasteiger charge is -2.15. The molecule has 0 aromatic heterocycles. The molecule has 0 heterocycles. The molecule has 0 radical (unpaired) electrons. The van der Waals surface area contributed by atoms with Gasteiger partial charge in [0.25, 0.3) is 0 Å². The maximum atomic E-state index is 12.0. The van der Waals surface area contributed by atoms with E-state index in [0.29, 0.717) is 13.2 Å². The Morgan fingerprint density at radius 1 is 0.710 bits per heavy atom. The van der Waals surface area contributed by atoms with Crippen LogP contribution < -0.4 is 0 Å². The van der Waals surface area contributed by atoms with Gasteiger partial charge in [-0.05, 0) is 26.7 Å². The predicted molar refractivity (Wildman–Crippen MR) is 109 cm³/mol. The van der Waals surface area contributed by atoms with Gasteiger partial charge in [0.05, 0.1) is 19.6 Å². The van der Waals surface area contributed by atoms with E-state index in [9.17, 15) is 19.2 Å². The Bertz CT molecular complexity index is 587. The molecule has 0 aliphatic carbocycles. The van der Waals surface area contributed by atoms with Crippen molar-refractivity contribution in [2.45, 2.75) is 59.2 Å². The van der Waals surface area contributed by atoms with Gasteiger partial charge in [-0.15, -0.1) is 0 Å². The van der Waals surface area contributed by atoms with Crippen molar-refractivity contribution in [3.05, 3.63) is 12.2 Å². The van der Waals surface area contributed by atoms with Crippen LogP contribution in [0.25, 0.3) is 0 Å². The Hall–Kier alpha value is -2.46. The standard InChI is InChI=1S/C21H34O10/c1-6-8-26-10-12-28-20(24)16(4)30-18(22)14-15(3)19(23)31-17(5)21(25)29-13-11-27-9-7-2/h16-17H,3,6-14H2,1-2,4-5H3. The molecule has 2 unspecified atom stereocenters. The van der Waals surface area contributed by atoms with Crippen molar-refractivity contribution in [2.24, 2.45) is 0 Å². The van der Waals surface area contributed by atoms with Gasteiger partial charge in [-0.25, -0.2) is 14.4 Å². The highest BCUT2D eigenvalue weighted by atomic mass is 16.6. The van der Waals surface area contributed by atoms with E-state index in [0.717, 1.165) is 12.8 Å². The second-order valence-electron chi connectivity index (χ2n) is 6.52. The number of rotatable bonds is 17. The number of esters is 4. The molecular weight excluding hydrogens is 412 g/mol. The summed E-state index contributed by atoms with van der Waals surface area (Å²) in [6.07, 6.45) is -1.16. The van der Waals surface area contributed by atoms with Gasteiger partial charge >= 0.3 is 23.9 Å². The molecule has 0 fully saturated rings. The molecule has 10 heteroatoms. The molecule has 178 valence electrons. The van der Waals surface area contributed by atoms with E-state index < -0.39 is 42.5 Å². The van der Waals surface area contributed by atoms with Crippen molar-refractivity contribution >= 4 is 23.9 Å². The number of carbonyl (C=O) groups excluding carboxylic acids is 4. The lowest BCUT2D eigenvalue weighted by atomic mass is 10.2. The molecule has 0 bridgehead atoms. The average Bonchev–Trinajstić information content (AvgIpc) is 2.72. The van der Waals surface area contributed by atoms with Gasteiger partial charge in [0.2, 0.25) is 0 Å². The second-order valence-corrected chi connectivity index (χ2v) is 6.52. The maximum Gasteiger partial charge on any atom is 0.347 e. The van der Waals surface area contributed by atoms with Crippen LogP contribution in [0.15, 0.2) is 12.2 Å². The maximum absolute atomic E-state index is 12.0. The van der Waals surface area contributed by atoms with E-state index in [1.54, 1.807) is 0 Å². The molecule has 0 N–H and O–H groups in total. The van der Waals surface area contributed by atoms with E-state index in [1.807, 2.05) is 13.8 Å². The monoisotopic (exact) mass is 446 g/mol. The molecule has 0 rings (SSSR count). The molecule has 31 heavy (non-hydrogen) atoms. The summed E-state index contributed by atoms with van der Waals surface area (Å²) in [6, 6.07) is 0. The first-order valence-corrected chi connectivity index (χ1v) is 10.3. The SMILES string of the molecule is C=C(CC(=O)OC(C)C(=O)OCCOCCC)C(=O)OC(C)C(=O)OCCOCCC. The van der Waals surface area contributed by atoms with Gasteiger partial charge in [0.1, 0.15) is 13.2 Å². The zero-order chi connectivity index (χ0) is 23.6. The molecule has 2 atom stereocenters. The van der Waals surface area contributed by atoms with E-state index in [1.165, 1.54) is 13.8 Å². The van der Waals surface area contributed by atoms with E-state index >= 15 is 0 Å². The van der Waals surface area contributed by atoms with Crippen LogP contribution in [-0.4, -0.2) is 75.7 Å². The van der Waals surface area contributed by atoms with Crippen molar-refractivity contribution in [3.63, 3.8) is 0 Å². The van der Waals surface area contributed by atoms with Crippen molar-refractivity contribution in [1.82, 2.24) is 0 Å². The van der Waals surface area contributed by atoms with Gasteiger partial charge in [-0.3, -0.25) is 4.79 Å². The van der Waals surface area contributed by atoms with Crippen molar-refractivity contribution in [3.8, 4) is 0 Å². The molecule has 0 aromatic carbocycles. The summed E-state index contributed by atoms with van der Waals surface area (Å²) in [6.45, 7) is 11.7. The molecule has 0 aliphatic heterocycles. The summed E-state index contributed by atoms with van der Waals surface area (Å²) < 4.78 is 30.0. The molecule has 0 amide bonds. The highest BCUT2D eigenvalue weighted by molar-refractivity contribution is 5.95. The van der Waals surface area contributed by atoms with E-state index in [2.05, 4.69) is 6.58 Å². The predicted octanol–water partition coefficient (Wildman–Crippen LogP) is 1.74. The fourth-order valence-electron chi connectivity index (χ4n) is 1.96. The summed E-state index contributed by atoms with van der Waals surface area (Å²) in [5, 5.41) is 0.